The Hall–Kier alpha value is -1.26. The fourth-order valence-corrected chi connectivity index (χ4v) is 3.88. The molecule has 3 rings (SSSR count). The number of aliphatic imine (C=N–C) groups is 1. The molecule has 24 heavy (non-hydrogen) atoms. The van der Waals surface area contributed by atoms with Crippen molar-refractivity contribution >= 4 is 11.9 Å². The molecular formula is C19H34N4O. The Morgan fingerprint density at radius 2 is 1.83 bits per heavy atom. The second kappa shape index (κ2) is 8.21. The summed E-state index contributed by atoms with van der Waals surface area (Å²) in [4.78, 5) is 16.9. The third-order valence-corrected chi connectivity index (χ3v) is 5.53. The lowest BCUT2D eigenvalue weighted by atomic mass is 9.85. The number of guanidine groups is 1. The summed E-state index contributed by atoms with van der Waals surface area (Å²) in [5.41, 5.74) is 0. The van der Waals surface area contributed by atoms with Crippen LogP contribution in [0.4, 0.5) is 0 Å². The molecule has 0 radical (unpaired) electrons. The average molecular weight is 335 g/mol. The number of nitrogens with one attached hydrogen (secondary N) is 3. The second-order valence-electron chi connectivity index (χ2n) is 7.85. The van der Waals surface area contributed by atoms with E-state index in [1.54, 1.807) is 0 Å². The Morgan fingerprint density at radius 3 is 2.54 bits per heavy atom. The van der Waals surface area contributed by atoms with Gasteiger partial charge in [0.1, 0.15) is 0 Å². The Kier molecular flexibility index (Phi) is 6.01. The number of carbonyl (C=O) groups is 1. The third kappa shape index (κ3) is 5.12. The second-order valence-corrected chi connectivity index (χ2v) is 7.85. The van der Waals surface area contributed by atoms with Gasteiger partial charge in [-0.1, -0.05) is 19.8 Å². The molecule has 3 aliphatic carbocycles. The largest absolute Gasteiger partial charge is 0.354 e. The van der Waals surface area contributed by atoms with Gasteiger partial charge in [0.25, 0.3) is 0 Å². The molecule has 4 unspecified atom stereocenters. The van der Waals surface area contributed by atoms with E-state index >= 15 is 0 Å². The first-order valence-electron chi connectivity index (χ1n) is 10.1. The summed E-state index contributed by atoms with van der Waals surface area (Å²) < 4.78 is 0. The smallest absolute Gasteiger partial charge is 0.223 e. The van der Waals surface area contributed by atoms with Gasteiger partial charge in [0.05, 0.1) is 0 Å². The first-order chi connectivity index (χ1) is 11.7. The fourth-order valence-electron chi connectivity index (χ4n) is 3.88. The Bertz CT molecular complexity index is 460. The van der Waals surface area contributed by atoms with Crippen LogP contribution < -0.4 is 16.0 Å². The van der Waals surface area contributed by atoms with Gasteiger partial charge in [0, 0.05) is 30.6 Å². The molecule has 0 bridgehead atoms. The van der Waals surface area contributed by atoms with E-state index in [0.29, 0.717) is 18.1 Å². The predicted molar refractivity (Wildman–Crippen MR) is 98.0 cm³/mol. The van der Waals surface area contributed by atoms with Crippen LogP contribution in [0.3, 0.4) is 0 Å². The molecule has 3 N–H and O–H groups in total. The minimum atomic E-state index is 0.175. The first-order valence-corrected chi connectivity index (χ1v) is 10.1. The third-order valence-electron chi connectivity index (χ3n) is 5.53. The Labute approximate surface area is 146 Å². The van der Waals surface area contributed by atoms with Crippen LogP contribution in [0.2, 0.25) is 0 Å². The molecule has 136 valence electrons. The van der Waals surface area contributed by atoms with Crippen molar-refractivity contribution in [1.29, 1.82) is 0 Å². The highest BCUT2D eigenvalue weighted by molar-refractivity contribution is 5.81. The summed E-state index contributed by atoms with van der Waals surface area (Å²) in [6.07, 6.45) is 10.4. The van der Waals surface area contributed by atoms with Crippen LogP contribution in [0.25, 0.3) is 0 Å². The quantitative estimate of drug-likeness (QED) is 0.495. The van der Waals surface area contributed by atoms with Crippen LogP contribution in [-0.4, -0.2) is 36.5 Å². The predicted octanol–water partition coefficient (Wildman–Crippen LogP) is 2.57. The van der Waals surface area contributed by atoms with E-state index < -0.39 is 0 Å². The standard InChI is InChI=1S/C19H34N4O/c1-3-6-13-12-17(13)23-19(20-4-2)22-16-8-5-7-14(11-16)18(24)21-15-9-10-15/h13-17H,3-12H2,1-2H3,(H,21,24)(H2,20,22,23). The number of nitrogens with zero attached hydrogens (tertiary/aromatic N) is 1. The molecule has 5 nitrogen and oxygen atoms in total. The van der Waals surface area contributed by atoms with Crippen molar-refractivity contribution in [3.8, 4) is 0 Å². The van der Waals surface area contributed by atoms with Crippen LogP contribution in [0.1, 0.15) is 71.6 Å². The minimum absolute atomic E-state index is 0.175. The summed E-state index contributed by atoms with van der Waals surface area (Å²) in [5.74, 6) is 2.22. The summed E-state index contributed by atoms with van der Waals surface area (Å²) in [7, 11) is 0. The van der Waals surface area contributed by atoms with Crippen molar-refractivity contribution in [2.24, 2.45) is 16.8 Å². The maximum absolute atomic E-state index is 12.3. The van der Waals surface area contributed by atoms with E-state index in [-0.39, 0.29) is 11.8 Å². The molecule has 0 spiro atoms. The lowest BCUT2D eigenvalue weighted by Gasteiger charge is -2.30. The molecular weight excluding hydrogens is 300 g/mol. The van der Waals surface area contributed by atoms with E-state index in [4.69, 9.17) is 0 Å². The molecule has 0 aliphatic heterocycles. The van der Waals surface area contributed by atoms with Crippen molar-refractivity contribution in [2.75, 3.05) is 6.54 Å². The van der Waals surface area contributed by atoms with Gasteiger partial charge in [0.15, 0.2) is 5.96 Å². The zero-order valence-corrected chi connectivity index (χ0v) is 15.3. The number of hydrogen-bond donors (Lipinski definition) is 3. The average Bonchev–Trinajstić information content (AvgIpc) is 3.48. The SMILES string of the molecule is CCCC1CC1NC(=NCC)NC1CCCC(C(=O)NC2CC2)C1. The molecule has 0 aromatic heterocycles. The van der Waals surface area contributed by atoms with Gasteiger partial charge in [-0.2, -0.15) is 0 Å². The van der Waals surface area contributed by atoms with E-state index in [1.165, 1.54) is 19.3 Å². The van der Waals surface area contributed by atoms with Crippen LogP contribution >= 0.6 is 0 Å². The highest BCUT2D eigenvalue weighted by Crippen LogP contribution is 2.34. The van der Waals surface area contributed by atoms with Gasteiger partial charge in [-0.3, -0.25) is 9.79 Å². The van der Waals surface area contributed by atoms with Crippen LogP contribution in [0.5, 0.6) is 0 Å². The van der Waals surface area contributed by atoms with Crippen molar-refractivity contribution < 1.29 is 4.79 Å². The van der Waals surface area contributed by atoms with Crippen molar-refractivity contribution in [3.05, 3.63) is 0 Å². The van der Waals surface area contributed by atoms with Crippen LogP contribution in [0, 0.1) is 11.8 Å². The molecule has 0 aromatic rings. The summed E-state index contributed by atoms with van der Waals surface area (Å²) in [5, 5.41) is 10.4. The summed E-state index contributed by atoms with van der Waals surface area (Å²) in [6, 6.07) is 1.44. The van der Waals surface area contributed by atoms with Crippen molar-refractivity contribution in [3.63, 3.8) is 0 Å². The topological polar surface area (TPSA) is 65.5 Å². The number of hydrogen-bond acceptors (Lipinski definition) is 2. The highest BCUT2D eigenvalue weighted by Gasteiger charge is 2.37. The lowest BCUT2D eigenvalue weighted by Crippen LogP contribution is -2.48. The normalized spacial score (nSPS) is 33.0. The molecule has 5 heteroatoms. The Morgan fingerprint density at radius 1 is 1.00 bits per heavy atom. The molecule has 3 saturated carbocycles. The van der Waals surface area contributed by atoms with Gasteiger partial charge < -0.3 is 16.0 Å². The molecule has 3 fully saturated rings. The Balaban J connectivity index is 1.46. The molecule has 1 amide bonds. The van der Waals surface area contributed by atoms with E-state index in [2.05, 4.69) is 34.8 Å². The zero-order chi connectivity index (χ0) is 16.9. The van der Waals surface area contributed by atoms with Crippen LogP contribution in [-0.2, 0) is 4.79 Å². The van der Waals surface area contributed by atoms with Gasteiger partial charge in [-0.25, -0.2) is 0 Å². The highest BCUT2D eigenvalue weighted by atomic mass is 16.2. The van der Waals surface area contributed by atoms with Gasteiger partial charge >= 0.3 is 0 Å². The van der Waals surface area contributed by atoms with E-state index in [1.807, 2.05) is 0 Å². The summed E-state index contributed by atoms with van der Waals surface area (Å²) in [6.45, 7) is 5.12. The zero-order valence-electron chi connectivity index (χ0n) is 15.3. The number of rotatable bonds is 7. The van der Waals surface area contributed by atoms with Crippen LogP contribution in [0.15, 0.2) is 4.99 Å². The molecule has 0 aromatic carbocycles. The molecule has 4 atom stereocenters. The number of carbonyl (C=O) groups excluding carboxylic acids is 1. The van der Waals surface area contributed by atoms with E-state index in [0.717, 1.165) is 56.9 Å². The molecule has 0 heterocycles. The van der Waals surface area contributed by atoms with Crippen molar-refractivity contribution in [2.45, 2.75) is 89.8 Å². The van der Waals surface area contributed by atoms with Crippen molar-refractivity contribution in [1.82, 2.24) is 16.0 Å². The first kappa shape index (κ1) is 17.6. The summed E-state index contributed by atoms with van der Waals surface area (Å²) >= 11 is 0. The number of amides is 1. The van der Waals surface area contributed by atoms with E-state index in [9.17, 15) is 4.79 Å². The monoisotopic (exact) mass is 334 g/mol. The maximum Gasteiger partial charge on any atom is 0.223 e. The lowest BCUT2D eigenvalue weighted by molar-refractivity contribution is -0.126. The fraction of sp³-hybridized carbons (Fsp3) is 0.895. The maximum atomic E-state index is 12.3. The van der Waals surface area contributed by atoms with Gasteiger partial charge in [-0.05, 0) is 57.8 Å². The van der Waals surface area contributed by atoms with Gasteiger partial charge in [-0.15, -0.1) is 0 Å². The molecule has 3 aliphatic rings. The minimum Gasteiger partial charge on any atom is -0.354 e. The molecule has 0 saturated heterocycles. The van der Waals surface area contributed by atoms with Gasteiger partial charge in [0.2, 0.25) is 5.91 Å².